The van der Waals surface area contributed by atoms with Gasteiger partial charge in [-0.25, -0.2) is 9.97 Å². The average molecular weight is 265 g/mol. The Hall–Kier alpha value is -1.20. The average Bonchev–Trinajstić information content (AvgIpc) is 2.82. The minimum Gasteiger partial charge on any atom is -0.476 e. The van der Waals surface area contributed by atoms with Crippen LogP contribution in [0.3, 0.4) is 0 Å². The number of thiophene rings is 1. The number of hydrogen-bond acceptors (Lipinski definition) is 5. The Kier molecular flexibility index (Phi) is 4.90. The lowest BCUT2D eigenvalue weighted by Gasteiger charge is -2.06. The molecule has 0 aliphatic heterocycles. The van der Waals surface area contributed by atoms with Gasteiger partial charge in [0, 0.05) is 11.4 Å². The number of aromatic nitrogens is 2. The fourth-order valence-electron chi connectivity index (χ4n) is 1.69. The van der Waals surface area contributed by atoms with Gasteiger partial charge in [-0.2, -0.15) is 0 Å². The number of ether oxygens (including phenoxy) is 1. The zero-order chi connectivity index (χ0) is 12.8. The van der Waals surface area contributed by atoms with Gasteiger partial charge >= 0.3 is 0 Å². The van der Waals surface area contributed by atoms with Crippen LogP contribution in [0.1, 0.15) is 25.1 Å². The number of hydrogen-bond donors (Lipinski definition) is 1. The molecule has 0 unspecified atom stereocenters. The van der Waals surface area contributed by atoms with E-state index in [-0.39, 0.29) is 0 Å². The molecule has 0 radical (unpaired) electrons. The first kappa shape index (κ1) is 13.2. The minimum absolute atomic E-state index is 0.642. The molecule has 0 aliphatic carbocycles. The van der Waals surface area contributed by atoms with E-state index in [0.29, 0.717) is 12.5 Å². The van der Waals surface area contributed by atoms with Crippen LogP contribution in [0.15, 0.2) is 12.4 Å². The predicted molar refractivity (Wildman–Crippen MR) is 75.4 cm³/mol. The van der Waals surface area contributed by atoms with Gasteiger partial charge in [0.05, 0.1) is 5.39 Å². The van der Waals surface area contributed by atoms with Crippen molar-refractivity contribution in [1.29, 1.82) is 0 Å². The third kappa shape index (κ3) is 3.17. The van der Waals surface area contributed by atoms with Crippen LogP contribution in [-0.2, 0) is 6.42 Å². The lowest BCUT2D eigenvalue weighted by Crippen LogP contribution is -2.21. The van der Waals surface area contributed by atoms with Crippen molar-refractivity contribution < 1.29 is 4.74 Å². The third-order valence-corrected chi connectivity index (χ3v) is 3.82. The first-order valence-electron chi connectivity index (χ1n) is 6.42. The highest BCUT2D eigenvalue weighted by Gasteiger charge is 2.08. The summed E-state index contributed by atoms with van der Waals surface area (Å²) in [7, 11) is 0. The van der Waals surface area contributed by atoms with Crippen LogP contribution in [-0.4, -0.2) is 29.7 Å². The Balaban J connectivity index is 2.01. The monoisotopic (exact) mass is 265 g/mol. The standard InChI is InChI=1S/C13H19N3OS/c1-3-5-14-6-7-17-12-11-8-10(4-2)18-13(11)16-9-15-12/h8-9,14H,3-7H2,1-2H3. The van der Waals surface area contributed by atoms with E-state index in [1.165, 1.54) is 4.88 Å². The molecule has 0 aromatic carbocycles. The largest absolute Gasteiger partial charge is 0.476 e. The molecule has 0 saturated carbocycles. The molecule has 2 rings (SSSR count). The molecule has 2 heterocycles. The molecule has 0 saturated heterocycles. The molecular weight excluding hydrogens is 246 g/mol. The smallest absolute Gasteiger partial charge is 0.225 e. The normalized spacial score (nSPS) is 11.0. The van der Waals surface area contributed by atoms with E-state index in [1.807, 2.05) is 0 Å². The molecule has 0 spiro atoms. The Morgan fingerprint density at radius 1 is 1.28 bits per heavy atom. The summed E-state index contributed by atoms with van der Waals surface area (Å²) in [6.07, 6.45) is 3.74. The summed E-state index contributed by atoms with van der Waals surface area (Å²) in [4.78, 5) is 10.8. The summed E-state index contributed by atoms with van der Waals surface area (Å²) < 4.78 is 5.72. The van der Waals surface area contributed by atoms with Crippen molar-refractivity contribution in [2.45, 2.75) is 26.7 Å². The van der Waals surface area contributed by atoms with E-state index in [0.717, 1.165) is 36.1 Å². The maximum absolute atomic E-state index is 5.72. The second kappa shape index (κ2) is 6.66. The van der Waals surface area contributed by atoms with Gasteiger partial charge in [0.2, 0.25) is 5.88 Å². The summed E-state index contributed by atoms with van der Waals surface area (Å²) in [6.45, 7) is 6.82. The third-order valence-electron chi connectivity index (χ3n) is 2.64. The van der Waals surface area contributed by atoms with Crippen molar-refractivity contribution in [3.05, 3.63) is 17.3 Å². The highest BCUT2D eigenvalue weighted by Crippen LogP contribution is 2.29. The zero-order valence-corrected chi connectivity index (χ0v) is 11.7. The van der Waals surface area contributed by atoms with Crippen LogP contribution in [0.5, 0.6) is 5.88 Å². The molecule has 18 heavy (non-hydrogen) atoms. The second-order valence-corrected chi connectivity index (χ2v) is 5.18. The Morgan fingerprint density at radius 2 is 2.17 bits per heavy atom. The Bertz CT molecular complexity index is 498. The summed E-state index contributed by atoms with van der Waals surface area (Å²) in [5.74, 6) is 0.703. The Labute approximate surface area is 111 Å². The number of nitrogens with one attached hydrogen (secondary N) is 1. The molecule has 4 nitrogen and oxygen atoms in total. The van der Waals surface area contributed by atoms with E-state index >= 15 is 0 Å². The maximum Gasteiger partial charge on any atom is 0.225 e. The summed E-state index contributed by atoms with van der Waals surface area (Å²) in [6, 6.07) is 2.13. The van der Waals surface area contributed by atoms with E-state index in [4.69, 9.17) is 4.74 Å². The van der Waals surface area contributed by atoms with Crippen molar-refractivity contribution in [1.82, 2.24) is 15.3 Å². The lowest BCUT2D eigenvalue weighted by molar-refractivity contribution is 0.306. The predicted octanol–water partition coefficient (Wildman–Crippen LogP) is 2.63. The lowest BCUT2D eigenvalue weighted by atomic mass is 10.3. The maximum atomic E-state index is 5.72. The molecular formula is C13H19N3OS. The van der Waals surface area contributed by atoms with Gasteiger partial charge in [-0.05, 0) is 25.5 Å². The van der Waals surface area contributed by atoms with Crippen LogP contribution in [0.25, 0.3) is 10.2 Å². The van der Waals surface area contributed by atoms with Gasteiger partial charge in [0.25, 0.3) is 0 Å². The van der Waals surface area contributed by atoms with E-state index in [2.05, 4.69) is 35.2 Å². The van der Waals surface area contributed by atoms with Gasteiger partial charge in [-0.3, -0.25) is 0 Å². The van der Waals surface area contributed by atoms with Crippen LogP contribution in [0, 0.1) is 0 Å². The zero-order valence-electron chi connectivity index (χ0n) is 10.9. The van der Waals surface area contributed by atoms with Crippen LogP contribution < -0.4 is 10.1 Å². The van der Waals surface area contributed by atoms with E-state index in [1.54, 1.807) is 17.7 Å². The summed E-state index contributed by atoms with van der Waals surface area (Å²) in [5.41, 5.74) is 0. The van der Waals surface area contributed by atoms with Gasteiger partial charge in [0.15, 0.2) is 0 Å². The summed E-state index contributed by atoms with van der Waals surface area (Å²) >= 11 is 1.71. The van der Waals surface area contributed by atoms with Crippen molar-refractivity contribution in [3.8, 4) is 5.88 Å². The fourth-order valence-corrected chi connectivity index (χ4v) is 2.62. The van der Waals surface area contributed by atoms with Crippen LogP contribution in [0.2, 0.25) is 0 Å². The summed E-state index contributed by atoms with van der Waals surface area (Å²) in [5, 5.41) is 4.34. The van der Waals surface area contributed by atoms with E-state index < -0.39 is 0 Å². The number of aryl methyl sites for hydroxylation is 1. The quantitative estimate of drug-likeness (QED) is 0.782. The molecule has 0 bridgehead atoms. The molecule has 0 amide bonds. The molecule has 0 atom stereocenters. The molecule has 0 aliphatic rings. The fraction of sp³-hybridized carbons (Fsp3) is 0.538. The van der Waals surface area contributed by atoms with Gasteiger partial charge in [0.1, 0.15) is 17.8 Å². The number of fused-ring (bicyclic) bond motifs is 1. The number of rotatable bonds is 7. The highest BCUT2D eigenvalue weighted by atomic mass is 32.1. The molecule has 5 heteroatoms. The SMILES string of the molecule is CCCNCCOc1ncnc2sc(CC)cc12. The van der Waals surface area contributed by atoms with E-state index in [9.17, 15) is 0 Å². The van der Waals surface area contributed by atoms with Gasteiger partial charge < -0.3 is 10.1 Å². The molecule has 2 aromatic rings. The molecule has 0 fully saturated rings. The molecule has 2 aromatic heterocycles. The Morgan fingerprint density at radius 3 is 2.94 bits per heavy atom. The first-order valence-corrected chi connectivity index (χ1v) is 7.23. The van der Waals surface area contributed by atoms with Crippen LogP contribution in [0.4, 0.5) is 0 Å². The van der Waals surface area contributed by atoms with Crippen molar-refractivity contribution >= 4 is 21.6 Å². The molecule has 98 valence electrons. The highest BCUT2D eigenvalue weighted by molar-refractivity contribution is 7.18. The van der Waals surface area contributed by atoms with Crippen molar-refractivity contribution in [3.63, 3.8) is 0 Å². The van der Waals surface area contributed by atoms with Crippen molar-refractivity contribution in [2.75, 3.05) is 19.7 Å². The van der Waals surface area contributed by atoms with Gasteiger partial charge in [-0.1, -0.05) is 13.8 Å². The first-order chi connectivity index (χ1) is 8.85. The number of nitrogens with zero attached hydrogens (tertiary/aromatic N) is 2. The van der Waals surface area contributed by atoms with Gasteiger partial charge in [-0.15, -0.1) is 11.3 Å². The second-order valence-electron chi connectivity index (χ2n) is 4.06. The minimum atomic E-state index is 0.642. The molecule has 1 N–H and O–H groups in total. The topological polar surface area (TPSA) is 47.0 Å². The van der Waals surface area contributed by atoms with Crippen LogP contribution >= 0.6 is 11.3 Å². The van der Waals surface area contributed by atoms with Crippen molar-refractivity contribution in [2.24, 2.45) is 0 Å².